The average Bonchev–Trinajstić information content (AvgIpc) is 3.02. The smallest absolute Gasteiger partial charge is 0.419 e. The quantitative estimate of drug-likeness (QED) is 0.132. The molecule has 3 unspecified atom stereocenters. The number of carbonyl (C=O) groups is 3. The first-order chi connectivity index (χ1) is 23.4. The summed E-state index contributed by atoms with van der Waals surface area (Å²) < 4.78 is 63.0. The van der Waals surface area contributed by atoms with Crippen LogP contribution in [-0.4, -0.2) is 86.5 Å². The number of rotatable bonds is 12. The van der Waals surface area contributed by atoms with Crippen LogP contribution in [0.25, 0.3) is 11.1 Å². The largest absolute Gasteiger partial charge is 0.493 e. The molecular weight excluding hydrogens is 670 g/mol. The van der Waals surface area contributed by atoms with Gasteiger partial charge in [-0.1, -0.05) is 19.1 Å². The monoisotopic (exact) mass is 722 g/mol. The molecule has 2 amide bonds. The molecule has 0 bridgehead atoms. The van der Waals surface area contributed by atoms with Crippen molar-refractivity contribution in [2.75, 3.05) is 46.6 Å². The van der Waals surface area contributed by atoms with Crippen LogP contribution < -0.4 is 14.8 Å². The Labute approximate surface area is 294 Å². The van der Waals surface area contributed by atoms with Crippen LogP contribution in [0.1, 0.15) is 73.5 Å². The number of nitrogens with one attached hydrogen (secondary N) is 1. The predicted molar refractivity (Wildman–Crippen MR) is 187 cm³/mol. The summed E-state index contributed by atoms with van der Waals surface area (Å²) in [5.74, 6) is -1.29. The van der Waals surface area contributed by atoms with Crippen LogP contribution >= 0.6 is 7.37 Å². The van der Waals surface area contributed by atoms with Crippen molar-refractivity contribution in [1.82, 2.24) is 10.2 Å². The lowest BCUT2D eigenvalue weighted by atomic mass is 9.87. The molecule has 1 fully saturated rings. The molecule has 0 spiro atoms. The molecule has 3 rings (SSSR count). The fourth-order valence-corrected chi connectivity index (χ4v) is 7.88. The molecule has 1 aliphatic rings. The maximum Gasteiger partial charge on any atom is 0.419 e. The molecule has 1 saturated heterocycles. The highest BCUT2D eigenvalue weighted by molar-refractivity contribution is 7.60. The van der Waals surface area contributed by atoms with E-state index in [4.69, 9.17) is 28.2 Å². The molecule has 0 aromatic heterocycles. The van der Waals surface area contributed by atoms with Crippen molar-refractivity contribution >= 4 is 25.5 Å². The number of benzene rings is 2. The Morgan fingerprint density at radius 2 is 1.56 bits per heavy atom. The summed E-state index contributed by atoms with van der Waals surface area (Å²) in [4.78, 5) is 42.0. The minimum absolute atomic E-state index is 0.0630. The van der Waals surface area contributed by atoms with Crippen molar-refractivity contribution < 1.29 is 51.5 Å². The van der Waals surface area contributed by atoms with Crippen LogP contribution in [-0.2, 0) is 28.1 Å². The molecule has 50 heavy (non-hydrogen) atoms. The SMILES string of the molecule is CCOP1(=O)CCNCC1C(=O)OC(c1ccc(F)cc1-c1ccc(OC)c(OC)c1)[C@@H](CC)CN(C(=O)OC(C)(C)C)C(=O)OC(C)(C)C. The lowest BCUT2D eigenvalue weighted by Crippen LogP contribution is -2.47. The van der Waals surface area contributed by atoms with Crippen LogP contribution in [0.5, 0.6) is 11.5 Å². The van der Waals surface area contributed by atoms with Gasteiger partial charge in [-0.2, -0.15) is 0 Å². The minimum atomic E-state index is -3.46. The number of hydrogen-bond donors (Lipinski definition) is 1. The zero-order chi connectivity index (χ0) is 37.4. The summed E-state index contributed by atoms with van der Waals surface area (Å²) in [6.45, 7) is 13.8. The number of halogens is 1. The summed E-state index contributed by atoms with van der Waals surface area (Å²) in [6.07, 6.45) is -2.67. The van der Waals surface area contributed by atoms with E-state index in [0.29, 0.717) is 34.7 Å². The minimum Gasteiger partial charge on any atom is -0.493 e. The Morgan fingerprint density at radius 1 is 0.940 bits per heavy atom. The first-order valence-corrected chi connectivity index (χ1v) is 18.6. The Balaban J connectivity index is 2.22. The molecule has 1 heterocycles. The number of hydrogen-bond acceptors (Lipinski definition) is 11. The number of nitrogens with zero attached hydrogens (tertiary/aromatic N) is 1. The van der Waals surface area contributed by atoms with E-state index in [9.17, 15) is 18.9 Å². The second-order valence-corrected chi connectivity index (χ2v) is 16.8. The maximum atomic E-state index is 15.0. The first-order valence-electron chi connectivity index (χ1n) is 16.8. The molecule has 4 atom stereocenters. The van der Waals surface area contributed by atoms with E-state index in [0.717, 1.165) is 4.90 Å². The Hall–Kier alpha value is -3.67. The second-order valence-electron chi connectivity index (χ2n) is 14.0. The third-order valence-electron chi connectivity index (χ3n) is 7.89. The van der Waals surface area contributed by atoms with Gasteiger partial charge >= 0.3 is 18.2 Å². The van der Waals surface area contributed by atoms with Gasteiger partial charge in [-0.25, -0.2) is 18.9 Å². The second kappa shape index (κ2) is 17.0. The molecule has 12 nitrogen and oxygen atoms in total. The Kier molecular flexibility index (Phi) is 13.9. The highest BCUT2D eigenvalue weighted by atomic mass is 31.2. The van der Waals surface area contributed by atoms with Crippen LogP contribution in [0.3, 0.4) is 0 Å². The third kappa shape index (κ3) is 10.7. The van der Waals surface area contributed by atoms with Crippen LogP contribution in [0, 0.1) is 11.7 Å². The summed E-state index contributed by atoms with van der Waals surface area (Å²) in [7, 11) is -0.486. The molecular formula is C36H52FN2O10P. The summed E-state index contributed by atoms with van der Waals surface area (Å²) in [6, 6.07) is 9.08. The van der Waals surface area contributed by atoms with Crippen molar-refractivity contribution in [3.63, 3.8) is 0 Å². The van der Waals surface area contributed by atoms with E-state index in [1.54, 1.807) is 73.6 Å². The summed E-state index contributed by atoms with van der Waals surface area (Å²) in [5.41, 5.74) is -1.76. The van der Waals surface area contributed by atoms with Gasteiger partial charge in [-0.3, -0.25) is 9.36 Å². The number of imide groups is 1. The van der Waals surface area contributed by atoms with Crippen molar-refractivity contribution in [3.8, 4) is 22.6 Å². The maximum absolute atomic E-state index is 15.0. The molecule has 0 aliphatic carbocycles. The van der Waals surface area contributed by atoms with Gasteiger partial charge in [-0.15, -0.1) is 0 Å². The third-order valence-corrected chi connectivity index (χ3v) is 10.8. The zero-order valence-electron chi connectivity index (χ0n) is 30.8. The van der Waals surface area contributed by atoms with E-state index in [1.807, 2.05) is 0 Å². The van der Waals surface area contributed by atoms with Gasteiger partial charge in [-0.05, 0) is 90.3 Å². The number of amides is 2. The van der Waals surface area contributed by atoms with E-state index < -0.39 is 60.2 Å². The molecule has 14 heteroatoms. The molecule has 278 valence electrons. The molecule has 1 aliphatic heterocycles. The van der Waals surface area contributed by atoms with Crippen LogP contribution in [0.2, 0.25) is 0 Å². The van der Waals surface area contributed by atoms with Crippen LogP contribution in [0.15, 0.2) is 36.4 Å². The number of esters is 1. The van der Waals surface area contributed by atoms with E-state index in [1.165, 1.54) is 32.4 Å². The predicted octanol–water partition coefficient (Wildman–Crippen LogP) is 7.58. The lowest BCUT2D eigenvalue weighted by molar-refractivity contribution is -0.152. The van der Waals surface area contributed by atoms with E-state index >= 15 is 4.39 Å². The fraction of sp³-hybridized carbons (Fsp3) is 0.583. The summed E-state index contributed by atoms with van der Waals surface area (Å²) in [5, 5.41) is 3.10. The molecule has 1 N–H and O–H groups in total. The molecule has 2 aromatic carbocycles. The van der Waals surface area contributed by atoms with Crippen molar-refractivity contribution in [2.24, 2.45) is 5.92 Å². The van der Waals surface area contributed by atoms with Gasteiger partial charge in [0, 0.05) is 37.3 Å². The van der Waals surface area contributed by atoms with Crippen LogP contribution in [0.4, 0.5) is 14.0 Å². The van der Waals surface area contributed by atoms with E-state index in [2.05, 4.69) is 5.32 Å². The normalized spacial score (nSPS) is 19.1. The van der Waals surface area contributed by atoms with Gasteiger partial charge in [0.15, 0.2) is 11.5 Å². The molecule has 2 aromatic rings. The number of carbonyl (C=O) groups excluding carboxylic acids is 3. The number of ether oxygens (including phenoxy) is 5. The van der Waals surface area contributed by atoms with Crippen molar-refractivity contribution in [2.45, 2.75) is 84.8 Å². The van der Waals surface area contributed by atoms with Gasteiger partial charge < -0.3 is 33.5 Å². The average molecular weight is 723 g/mol. The van der Waals surface area contributed by atoms with Crippen molar-refractivity contribution in [1.29, 1.82) is 0 Å². The Morgan fingerprint density at radius 3 is 2.10 bits per heavy atom. The fourth-order valence-electron chi connectivity index (χ4n) is 5.56. The highest BCUT2D eigenvalue weighted by Crippen LogP contribution is 2.53. The van der Waals surface area contributed by atoms with E-state index in [-0.39, 0.29) is 32.3 Å². The van der Waals surface area contributed by atoms with Crippen molar-refractivity contribution in [3.05, 3.63) is 47.8 Å². The Bertz CT molecular complexity index is 1520. The first kappa shape index (κ1) is 40.8. The highest BCUT2D eigenvalue weighted by Gasteiger charge is 2.45. The molecule has 0 radical (unpaired) electrons. The molecule has 0 saturated carbocycles. The van der Waals surface area contributed by atoms with Gasteiger partial charge in [0.1, 0.15) is 28.8 Å². The summed E-state index contributed by atoms with van der Waals surface area (Å²) >= 11 is 0. The zero-order valence-corrected chi connectivity index (χ0v) is 31.7. The van der Waals surface area contributed by atoms with Gasteiger partial charge in [0.25, 0.3) is 0 Å². The van der Waals surface area contributed by atoms with Gasteiger partial charge in [0.05, 0.1) is 20.8 Å². The standard InChI is InChI=1S/C36H52FN2O10P/c1-11-23(22-39(33(41)48-35(3,4)5)34(42)49-36(6,7)8)31(47-32(40)30-21-38-17-18-50(30,43)46-12-2)26-15-14-25(37)20-27(26)24-13-16-28(44-9)29(19-24)45-10/h13-16,19-20,23,30-31,38H,11-12,17-18,21-22H2,1-10H3/t23-,30?,31?,50?/m0/s1. The number of methoxy groups -OCH3 is 2. The topological polar surface area (TPSA) is 139 Å². The van der Waals surface area contributed by atoms with Gasteiger partial charge in [0.2, 0.25) is 7.37 Å². The lowest BCUT2D eigenvalue weighted by Gasteiger charge is -2.35.